The molecule has 0 atom stereocenters. The summed E-state index contributed by atoms with van der Waals surface area (Å²) in [7, 11) is 0. The highest BCUT2D eigenvalue weighted by molar-refractivity contribution is 5.90. The van der Waals surface area contributed by atoms with E-state index < -0.39 is 0 Å². The molecule has 0 spiro atoms. The summed E-state index contributed by atoms with van der Waals surface area (Å²) in [4.78, 5) is 24.0. The van der Waals surface area contributed by atoms with Crippen LogP contribution in [-0.4, -0.2) is 34.9 Å². The molecular weight excluding hydrogens is 1170 g/mol. The van der Waals surface area contributed by atoms with Gasteiger partial charge in [-0.3, -0.25) is 4.98 Å². The molecule has 9 nitrogen and oxygen atoms in total. The fourth-order valence-corrected chi connectivity index (χ4v) is 11.9. The number of nitrogens with zero attached hydrogens (tertiary/aromatic N) is 3. The number of pyridine rings is 1. The number of aryl methyl sites for hydroxylation is 2. The third-order valence-electron chi connectivity index (χ3n) is 18.2. The van der Waals surface area contributed by atoms with Gasteiger partial charge >= 0.3 is 0 Å². The van der Waals surface area contributed by atoms with Gasteiger partial charge in [0.15, 0.2) is 0 Å². The van der Waals surface area contributed by atoms with E-state index in [-0.39, 0.29) is 37.9 Å². The zero-order chi connectivity index (χ0) is 70.5. The first-order valence-corrected chi connectivity index (χ1v) is 34.1. The van der Waals surface area contributed by atoms with Crippen molar-refractivity contribution in [3.8, 4) is 23.3 Å². The maximum Gasteiger partial charge on any atom is 0.101 e. The Morgan fingerprint density at radius 3 is 1.26 bits per heavy atom. The highest BCUT2D eigenvalue weighted by atomic mass is 14.7. The molecule has 9 heteroatoms. The molecule has 0 aliphatic rings. The summed E-state index contributed by atoms with van der Waals surface area (Å²) in [6.07, 6.45) is 17.3. The number of nitriles is 2. The van der Waals surface area contributed by atoms with Crippen molar-refractivity contribution in [2.75, 3.05) is 0 Å². The molecule has 7 heterocycles. The van der Waals surface area contributed by atoms with Crippen LogP contribution in [0, 0.1) is 29.6 Å². The molecule has 0 radical (unpaired) electrons. The van der Waals surface area contributed by atoms with Crippen LogP contribution >= 0.6 is 0 Å². The van der Waals surface area contributed by atoms with Crippen molar-refractivity contribution in [1.29, 1.82) is 10.5 Å². The number of hydrogen-bond acceptors (Lipinski definition) is 3. The van der Waals surface area contributed by atoms with Crippen LogP contribution in [-0.2, 0) is 50.7 Å². The quantitative estimate of drug-likeness (QED) is 0.104. The average Bonchev–Trinajstić information content (AvgIpc) is 1.42. The Labute approximate surface area is 573 Å². The minimum absolute atomic E-state index is 0.102. The second kappa shape index (κ2) is 28.6. The van der Waals surface area contributed by atoms with Gasteiger partial charge in [-0.05, 0) is 172 Å². The lowest BCUT2D eigenvalue weighted by atomic mass is 9.81. The highest BCUT2D eigenvalue weighted by Crippen LogP contribution is 2.38. The molecule has 0 aliphatic carbocycles. The van der Waals surface area contributed by atoms with Crippen LogP contribution < -0.4 is 0 Å². The largest absolute Gasteiger partial charge is 0.361 e. The average molecular weight is 1280 g/mol. The van der Waals surface area contributed by atoms with E-state index in [9.17, 15) is 0 Å². The van der Waals surface area contributed by atoms with E-state index >= 15 is 0 Å². The molecular formula is C87H107N9. The van der Waals surface area contributed by atoms with Gasteiger partial charge in [-0.15, -0.1) is 0 Å². The van der Waals surface area contributed by atoms with Crippen LogP contribution in [0.5, 0.6) is 0 Å². The van der Waals surface area contributed by atoms with Crippen LogP contribution in [0.3, 0.4) is 0 Å². The number of benzene rings is 6. The number of nitrogens with one attached hydrogen (secondary N) is 6. The second-order valence-corrected chi connectivity index (χ2v) is 33.1. The molecule has 13 aromatic rings. The maximum absolute atomic E-state index is 8.88. The van der Waals surface area contributed by atoms with Gasteiger partial charge in [-0.25, -0.2) is 0 Å². The van der Waals surface area contributed by atoms with E-state index in [2.05, 4.69) is 334 Å². The van der Waals surface area contributed by atoms with Gasteiger partial charge in [0.1, 0.15) is 6.07 Å². The van der Waals surface area contributed by atoms with E-state index in [1.54, 1.807) is 6.20 Å². The molecule has 0 amide bonds. The number of H-pyrrole nitrogens is 6. The van der Waals surface area contributed by atoms with Gasteiger partial charge in [0.2, 0.25) is 0 Å². The van der Waals surface area contributed by atoms with Crippen LogP contribution in [0.2, 0.25) is 0 Å². The maximum atomic E-state index is 8.88. The molecule has 0 unspecified atom stereocenters. The highest BCUT2D eigenvalue weighted by Gasteiger charge is 2.23. The van der Waals surface area contributed by atoms with E-state index in [0.717, 1.165) is 33.8 Å². The van der Waals surface area contributed by atoms with E-state index in [1.807, 2.05) is 36.9 Å². The summed E-state index contributed by atoms with van der Waals surface area (Å²) < 4.78 is 0. The van der Waals surface area contributed by atoms with Crippen LogP contribution in [0.25, 0.3) is 76.5 Å². The van der Waals surface area contributed by atoms with Gasteiger partial charge in [0.25, 0.3) is 0 Å². The fraction of sp³-hybridized carbons (Fsp3) is 0.368. The fourth-order valence-electron chi connectivity index (χ4n) is 11.9. The number of rotatable bonds is 3. The van der Waals surface area contributed by atoms with Gasteiger partial charge < -0.3 is 29.9 Å². The van der Waals surface area contributed by atoms with Crippen molar-refractivity contribution in [1.82, 2.24) is 34.9 Å². The van der Waals surface area contributed by atoms with Crippen molar-refractivity contribution in [2.45, 2.75) is 210 Å². The smallest absolute Gasteiger partial charge is 0.101 e. The third-order valence-corrected chi connectivity index (χ3v) is 18.2. The molecule has 6 N–H and O–H groups in total. The lowest BCUT2D eigenvalue weighted by Gasteiger charge is -2.23. The zero-order valence-corrected chi connectivity index (χ0v) is 61.9. The number of fused-ring (bicyclic) bond motifs is 6. The van der Waals surface area contributed by atoms with E-state index in [1.165, 1.54) is 105 Å². The molecule has 13 rings (SSSR count). The summed E-state index contributed by atoms with van der Waals surface area (Å²) in [6, 6.07) is 48.0. The first kappa shape index (κ1) is 72.5. The lowest BCUT2D eigenvalue weighted by Crippen LogP contribution is -2.12. The molecule has 0 bridgehead atoms. The molecule has 0 aliphatic heterocycles. The van der Waals surface area contributed by atoms with Gasteiger partial charge in [-0.1, -0.05) is 219 Å². The lowest BCUT2D eigenvalue weighted by molar-refractivity contribution is 0.590. The molecule has 0 saturated carbocycles. The van der Waals surface area contributed by atoms with Gasteiger partial charge in [0.05, 0.1) is 18.1 Å². The van der Waals surface area contributed by atoms with Crippen molar-refractivity contribution in [3.63, 3.8) is 0 Å². The summed E-state index contributed by atoms with van der Waals surface area (Å²) in [5.74, 6) is 0. The minimum Gasteiger partial charge on any atom is -0.361 e. The predicted octanol–water partition coefficient (Wildman–Crippen LogP) is 24.0. The Bertz CT molecular complexity index is 4840. The van der Waals surface area contributed by atoms with Crippen molar-refractivity contribution in [2.24, 2.45) is 0 Å². The summed E-state index contributed by atoms with van der Waals surface area (Å²) in [5, 5.41) is 25.1. The second-order valence-electron chi connectivity index (χ2n) is 33.1. The Hall–Kier alpha value is -9.31. The Kier molecular flexibility index (Phi) is 21.6. The summed E-state index contributed by atoms with van der Waals surface area (Å²) >= 11 is 0. The first-order chi connectivity index (χ1) is 44.8. The molecule has 7 aromatic heterocycles. The Morgan fingerprint density at radius 1 is 0.385 bits per heavy atom. The molecule has 6 aromatic carbocycles. The minimum atomic E-state index is 0.102. The van der Waals surface area contributed by atoms with E-state index in [4.69, 9.17) is 10.5 Å². The van der Waals surface area contributed by atoms with Crippen LogP contribution in [0.15, 0.2) is 171 Å². The number of aromatic nitrogens is 7. The molecule has 96 heavy (non-hydrogen) atoms. The molecule has 0 fully saturated rings. The van der Waals surface area contributed by atoms with Crippen LogP contribution in [0.1, 0.15) is 214 Å². The predicted molar refractivity (Wildman–Crippen MR) is 412 cm³/mol. The Balaban J connectivity index is 0.000000148. The third kappa shape index (κ3) is 17.6. The van der Waals surface area contributed by atoms with Gasteiger partial charge in [-0.2, -0.15) is 10.5 Å². The monoisotopic (exact) mass is 1280 g/mol. The van der Waals surface area contributed by atoms with E-state index in [0.29, 0.717) is 12.0 Å². The SMILES string of the molecule is CC(C)(C)c1cc2[nH]ccc2cc1-c1cccnc1.CC(C)(C)c1ccc2c(C#N)c[nH]c2c1.CC(C)(C)c1ccc2c(C(C)(C)C)c[nH]c2c1.CC(C)(C)c1ccc2c(CC#N)c[nH]c2c1.CCc1c[nH]c2cc(C(C)(C)C)ccc12.Cc1c[nH]c2cc(C(C)(C)C)ccc12. The number of hydrogen-bond donors (Lipinski definition) is 6. The molecule has 500 valence electrons. The topological polar surface area (TPSA) is 155 Å². The normalized spacial score (nSPS) is 12.2. The Morgan fingerprint density at radius 2 is 0.802 bits per heavy atom. The van der Waals surface area contributed by atoms with Crippen molar-refractivity contribution < 1.29 is 0 Å². The van der Waals surface area contributed by atoms with Crippen molar-refractivity contribution in [3.05, 3.63) is 232 Å². The number of aromatic amines is 6. The first-order valence-electron chi connectivity index (χ1n) is 34.1. The summed E-state index contributed by atoms with van der Waals surface area (Å²) in [6.45, 7) is 51.2. The van der Waals surface area contributed by atoms with Crippen LogP contribution in [0.4, 0.5) is 0 Å². The van der Waals surface area contributed by atoms with Gasteiger partial charge in [0, 0.05) is 115 Å². The standard InChI is InChI=1S/C17H18N2.C16H23N.C14H16N2.C14H19N.C13H14N2.C13H17N/c1-17(2,3)15-10-16-12(6-8-19-16)9-14(15)13-5-4-7-18-11-13;1-15(2,3)11-7-8-12-13(16(4,5)6)10-17-14(12)9-11;1-14(2,3)11-4-5-12-10(6-7-15)9-16-13(12)8-11;1-5-10-9-15-13-8-11(14(2,3)4)6-7-12(10)13;1-13(2,3)10-4-5-11-9(7-14)8-15-12(11)6-10;1-9-8-14-12-7-10(13(2,3)4)5-6-11(9)12/h4-11,19H,1-3H3;7-10,17H,1-6H3;4-5,8-9,16H,6H2,1-3H3;6-9,15H,5H2,1-4H3;4-6,8,15H,1-3H3;5-8,14H,1-4H3. The summed E-state index contributed by atoms with van der Waals surface area (Å²) in [5.41, 5.74) is 24.8. The van der Waals surface area contributed by atoms with Crippen molar-refractivity contribution >= 4 is 65.4 Å². The molecule has 0 saturated heterocycles. The zero-order valence-electron chi connectivity index (χ0n) is 61.9.